The molecule has 6 aromatic rings. The third-order valence-corrected chi connectivity index (χ3v) is 10.1. The molecule has 0 aliphatic rings. The van der Waals surface area contributed by atoms with Crippen LogP contribution in [0.25, 0.3) is 42.7 Å². The van der Waals surface area contributed by atoms with Gasteiger partial charge in [0.05, 0.1) is 8.07 Å². The molecule has 5 heteroatoms. The molecule has 39 heavy (non-hydrogen) atoms. The summed E-state index contributed by atoms with van der Waals surface area (Å²) >= 11 is 1.91. The molecule has 0 saturated carbocycles. The molecule has 3 aromatic carbocycles. The van der Waals surface area contributed by atoms with Gasteiger partial charge in [-0.1, -0.05) is 80.8 Å². The van der Waals surface area contributed by atoms with Gasteiger partial charge < -0.3 is 9.97 Å². The van der Waals surface area contributed by atoms with E-state index in [1.54, 1.807) is 11.4 Å². The van der Waals surface area contributed by atoms with E-state index in [0.29, 0.717) is 5.92 Å². The van der Waals surface area contributed by atoms with Gasteiger partial charge in [0.15, 0.2) is 0 Å². The van der Waals surface area contributed by atoms with E-state index in [-0.39, 0.29) is 20.1 Å². The summed E-state index contributed by atoms with van der Waals surface area (Å²) in [6.07, 6.45) is 3.72. The van der Waals surface area contributed by atoms with E-state index in [1.165, 1.54) is 25.7 Å². The third kappa shape index (κ3) is 6.45. The van der Waals surface area contributed by atoms with Crippen molar-refractivity contribution in [3.8, 4) is 22.5 Å². The molecule has 0 atom stereocenters. The molecule has 0 fully saturated rings. The molecule has 6 rings (SSSR count). The summed E-state index contributed by atoms with van der Waals surface area (Å²) in [7, 11) is -1.40. The zero-order valence-electron chi connectivity index (χ0n) is 23.0. The normalized spacial score (nSPS) is 11.2. The Balaban J connectivity index is 0.000000228. The molecular weight excluding hydrogens is 689 g/mol. The summed E-state index contributed by atoms with van der Waals surface area (Å²) in [4.78, 5) is 8.89. The first-order chi connectivity index (χ1) is 18.3. The van der Waals surface area contributed by atoms with Gasteiger partial charge in [-0.2, -0.15) is 11.3 Å². The van der Waals surface area contributed by atoms with Crippen molar-refractivity contribution in [2.24, 2.45) is 0 Å². The molecule has 199 valence electrons. The summed E-state index contributed by atoms with van der Waals surface area (Å²) in [5, 5.41) is 4.25. The number of hydrogen-bond donors (Lipinski definition) is 0. The molecule has 0 bridgehead atoms. The van der Waals surface area contributed by atoms with Crippen LogP contribution in [0, 0.1) is 12.1 Å². The first-order valence-electron chi connectivity index (χ1n) is 13.0. The van der Waals surface area contributed by atoms with Crippen molar-refractivity contribution in [3.63, 3.8) is 0 Å². The molecule has 0 N–H and O–H groups in total. The Morgan fingerprint density at radius 2 is 1.49 bits per heavy atom. The Labute approximate surface area is 250 Å². The molecule has 2 nitrogen and oxygen atoms in total. The predicted molar refractivity (Wildman–Crippen MR) is 167 cm³/mol. The van der Waals surface area contributed by atoms with Gasteiger partial charge in [0.25, 0.3) is 0 Å². The van der Waals surface area contributed by atoms with Gasteiger partial charge in [-0.15, -0.1) is 59.7 Å². The van der Waals surface area contributed by atoms with Crippen LogP contribution in [-0.2, 0) is 20.1 Å². The summed E-state index contributed by atoms with van der Waals surface area (Å²) < 4.78 is 2.75. The van der Waals surface area contributed by atoms with Crippen LogP contribution in [0.4, 0.5) is 0 Å². The Morgan fingerprint density at radius 1 is 0.718 bits per heavy atom. The molecule has 0 aliphatic heterocycles. The summed E-state index contributed by atoms with van der Waals surface area (Å²) in [5.41, 5.74) is 5.50. The van der Waals surface area contributed by atoms with Crippen LogP contribution >= 0.6 is 11.3 Å². The number of hydrogen-bond acceptors (Lipinski definition) is 3. The smallest absolute Gasteiger partial charge is 0.0794 e. The van der Waals surface area contributed by atoms with Gasteiger partial charge in [-0.3, -0.25) is 0 Å². The van der Waals surface area contributed by atoms with Gasteiger partial charge in [-0.05, 0) is 44.7 Å². The first-order valence-corrected chi connectivity index (χ1v) is 17.4. The van der Waals surface area contributed by atoms with Crippen LogP contribution in [0.15, 0.2) is 97.3 Å². The topological polar surface area (TPSA) is 25.8 Å². The summed E-state index contributed by atoms with van der Waals surface area (Å²) in [6, 6.07) is 35.7. The molecule has 0 saturated heterocycles. The average Bonchev–Trinajstić information content (AvgIpc) is 3.33. The number of rotatable bonds is 4. The SMILES string of the molecule is CC(C)c1ccnc(-c2[c-]ccc3c2sc2c([Si](C)(C)C)cccc23)c1.[Ir].[c-]1ccccc1-c1ccccn1. The van der Waals surface area contributed by atoms with Crippen molar-refractivity contribution in [1.82, 2.24) is 9.97 Å². The second-order valence-corrected chi connectivity index (χ2v) is 16.8. The van der Waals surface area contributed by atoms with Gasteiger partial charge >= 0.3 is 0 Å². The largest absolute Gasteiger partial charge is 0.305 e. The minimum absolute atomic E-state index is 0. The maximum Gasteiger partial charge on any atom is 0.0794 e. The van der Waals surface area contributed by atoms with Crippen molar-refractivity contribution in [2.45, 2.75) is 39.4 Å². The third-order valence-electron chi connectivity index (χ3n) is 6.62. The number of pyridine rings is 2. The quantitative estimate of drug-likeness (QED) is 0.134. The van der Waals surface area contributed by atoms with Crippen molar-refractivity contribution < 1.29 is 20.1 Å². The fourth-order valence-electron chi connectivity index (χ4n) is 4.56. The van der Waals surface area contributed by atoms with E-state index in [9.17, 15) is 0 Å². The summed E-state index contributed by atoms with van der Waals surface area (Å²) in [5.74, 6) is 0.497. The minimum Gasteiger partial charge on any atom is -0.305 e. The molecule has 0 unspecified atom stereocenters. The van der Waals surface area contributed by atoms with Gasteiger partial charge in [0, 0.05) is 37.2 Å². The van der Waals surface area contributed by atoms with Crippen LogP contribution in [0.3, 0.4) is 0 Å². The van der Waals surface area contributed by atoms with Crippen LogP contribution in [0.1, 0.15) is 25.3 Å². The van der Waals surface area contributed by atoms with Crippen LogP contribution in [-0.4, -0.2) is 18.0 Å². The zero-order chi connectivity index (χ0) is 26.7. The number of thiophene rings is 1. The monoisotopic (exact) mass is 721 g/mol. The van der Waals surface area contributed by atoms with Gasteiger partial charge in [-0.25, -0.2) is 0 Å². The van der Waals surface area contributed by atoms with Crippen molar-refractivity contribution >= 4 is 44.8 Å². The average molecular weight is 721 g/mol. The Bertz CT molecular complexity index is 1640. The molecule has 0 aliphatic carbocycles. The molecular formula is C34H32IrN2SSi-2. The maximum atomic E-state index is 4.67. The maximum absolute atomic E-state index is 4.67. The van der Waals surface area contributed by atoms with E-state index >= 15 is 0 Å². The Morgan fingerprint density at radius 3 is 2.18 bits per heavy atom. The van der Waals surface area contributed by atoms with Crippen molar-refractivity contribution in [2.75, 3.05) is 0 Å². The fourth-order valence-corrected chi connectivity index (χ4v) is 8.27. The van der Waals surface area contributed by atoms with Crippen molar-refractivity contribution in [1.29, 1.82) is 0 Å². The van der Waals surface area contributed by atoms with E-state index in [4.69, 9.17) is 0 Å². The summed E-state index contributed by atoms with van der Waals surface area (Å²) in [6.45, 7) is 11.7. The van der Waals surface area contributed by atoms with Gasteiger partial charge in [0.2, 0.25) is 0 Å². The van der Waals surface area contributed by atoms with E-state index < -0.39 is 8.07 Å². The molecule has 3 aromatic heterocycles. The number of benzene rings is 3. The van der Waals surface area contributed by atoms with E-state index in [0.717, 1.165) is 22.5 Å². The second kappa shape index (κ2) is 12.5. The standard InChI is InChI=1S/C23H24NSSi.C11H8N.Ir/c1-15(2)16-12-13-24-20(14-16)19-10-6-8-17-18-9-7-11-21(26(3,4)5)23(18)25-22(17)19;1-2-6-10(7-3-1)11-8-4-5-9-12-11;/h6-9,11-15H,1-5H3;1-6,8-9H;/q2*-1;. The molecule has 0 amide bonds. The molecule has 0 spiro atoms. The fraction of sp³-hybridized carbons (Fsp3) is 0.176. The minimum atomic E-state index is -1.40. The number of aromatic nitrogens is 2. The first kappa shape index (κ1) is 29.0. The Kier molecular flexibility index (Phi) is 9.29. The zero-order valence-corrected chi connectivity index (χ0v) is 27.2. The van der Waals surface area contributed by atoms with E-state index in [2.05, 4.69) is 98.1 Å². The molecule has 1 radical (unpaired) electrons. The Hall–Kier alpha value is -2.95. The van der Waals surface area contributed by atoms with Crippen LogP contribution in [0.5, 0.6) is 0 Å². The van der Waals surface area contributed by atoms with Crippen molar-refractivity contribution in [3.05, 3.63) is 115 Å². The number of nitrogens with zero attached hydrogens (tertiary/aromatic N) is 2. The second-order valence-electron chi connectivity index (χ2n) is 10.8. The van der Waals surface area contributed by atoms with Crippen LogP contribution in [0.2, 0.25) is 19.6 Å². The van der Waals surface area contributed by atoms with Gasteiger partial charge in [0.1, 0.15) is 0 Å². The van der Waals surface area contributed by atoms with Crippen LogP contribution < -0.4 is 5.19 Å². The predicted octanol–water partition coefficient (Wildman–Crippen LogP) is 9.13. The van der Waals surface area contributed by atoms with E-state index in [1.807, 2.05) is 60.0 Å². The molecule has 3 heterocycles. The number of fused-ring (bicyclic) bond motifs is 3.